The van der Waals surface area contributed by atoms with Crippen LogP contribution in [0.3, 0.4) is 0 Å². The second-order valence-corrected chi connectivity index (χ2v) is 7.27. The molecule has 3 nitrogen and oxygen atoms in total. The maximum Gasteiger partial charge on any atom is 0.159 e. The number of hydrogen-bond donors (Lipinski definition) is 0. The van der Waals surface area contributed by atoms with Crippen LogP contribution in [0.4, 0.5) is 0 Å². The van der Waals surface area contributed by atoms with Crippen molar-refractivity contribution < 1.29 is 0 Å². The summed E-state index contributed by atoms with van der Waals surface area (Å²) in [6.07, 6.45) is 5.82. The van der Waals surface area contributed by atoms with Crippen LogP contribution in [0, 0.1) is 6.92 Å². The molecule has 0 fully saturated rings. The standard InChI is InChI=1S/C22H25N3S/c1-7-18(13-23-8-2)19-10-9-11-20(12-19)22-24-14-21(16(5)25-22)17(6)26-15(3)4/h7,9-14H,3,6,8H2,1-2,4-5H3/b18-7+,23-13-. The fraction of sp³-hybridized carbons (Fsp3) is 0.227. The Morgan fingerprint density at radius 3 is 2.69 bits per heavy atom. The highest BCUT2D eigenvalue weighted by Gasteiger charge is 2.10. The van der Waals surface area contributed by atoms with E-state index in [1.807, 2.05) is 52.2 Å². The molecular formula is C22H25N3S. The van der Waals surface area contributed by atoms with Gasteiger partial charge in [0.05, 0.1) is 0 Å². The van der Waals surface area contributed by atoms with Gasteiger partial charge in [-0.25, -0.2) is 9.97 Å². The highest BCUT2D eigenvalue weighted by molar-refractivity contribution is 8.11. The molecule has 0 saturated carbocycles. The van der Waals surface area contributed by atoms with Crippen molar-refractivity contribution in [3.63, 3.8) is 0 Å². The molecule has 0 amide bonds. The van der Waals surface area contributed by atoms with E-state index in [2.05, 4.69) is 41.3 Å². The number of benzene rings is 1. The van der Waals surface area contributed by atoms with E-state index >= 15 is 0 Å². The summed E-state index contributed by atoms with van der Waals surface area (Å²) in [4.78, 5) is 15.5. The monoisotopic (exact) mass is 363 g/mol. The summed E-state index contributed by atoms with van der Waals surface area (Å²) >= 11 is 1.55. The van der Waals surface area contributed by atoms with Gasteiger partial charge in [-0.15, -0.1) is 0 Å². The Morgan fingerprint density at radius 1 is 1.31 bits per heavy atom. The molecule has 0 spiro atoms. The largest absolute Gasteiger partial charge is 0.293 e. The fourth-order valence-electron chi connectivity index (χ4n) is 2.49. The van der Waals surface area contributed by atoms with Crippen molar-refractivity contribution in [2.45, 2.75) is 27.7 Å². The van der Waals surface area contributed by atoms with Gasteiger partial charge in [-0.1, -0.05) is 49.2 Å². The molecule has 0 bridgehead atoms. The first-order valence-electron chi connectivity index (χ1n) is 8.59. The quantitative estimate of drug-likeness (QED) is 0.551. The number of aromatic nitrogens is 2. The Kier molecular flexibility index (Phi) is 7.10. The van der Waals surface area contributed by atoms with Crippen molar-refractivity contribution in [1.82, 2.24) is 9.97 Å². The Hall–Kier alpha value is -2.46. The van der Waals surface area contributed by atoms with E-state index in [1.165, 1.54) is 0 Å². The second kappa shape index (κ2) is 9.30. The van der Waals surface area contributed by atoms with Crippen LogP contribution in [0.25, 0.3) is 21.9 Å². The Balaban J connectivity index is 2.36. The first-order chi connectivity index (χ1) is 12.5. The van der Waals surface area contributed by atoms with Crippen LogP contribution in [-0.2, 0) is 0 Å². The molecule has 0 aliphatic carbocycles. The van der Waals surface area contributed by atoms with Crippen LogP contribution in [0.5, 0.6) is 0 Å². The third kappa shape index (κ3) is 5.02. The topological polar surface area (TPSA) is 38.1 Å². The molecule has 1 aromatic heterocycles. The first kappa shape index (κ1) is 19.9. The van der Waals surface area contributed by atoms with E-state index in [0.717, 1.165) is 44.3 Å². The molecule has 0 aliphatic rings. The zero-order chi connectivity index (χ0) is 19.1. The van der Waals surface area contributed by atoms with Crippen molar-refractivity contribution in [2.24, 2.45) is 4.99 Å². The van der Waals surface area contributed by atoms with E-state index in [1.54, 1.807) is 11.8 Å². The van der Waals surface area contributed by atoms with Crippen molar-refractivity contribution >= 4 is 28.5 Å². The molecule has 0 N–H and O–H groups in total. The highest BCUT2D eigenvalue weighted by atomic mass is 32.2. The number of thioether (sulfide) groups is 1. The lowest BCUT2D eigenvalue weighted by Gasteiger charge is -2.10. The zero-order valence-corrected chi connectivity index (χ0v) is 16.7. The van der Waals surface area contributed by atoms with Gasteiger partial charge in [0.1, 0.15) is 0 Å². The van der Waals surface area contributed by atoms with Crippen LogP contribution in [-0.4, -0.2) is 22.7 Å². The van der Waals surface area contributed by atoms with Gasteiger partial charge in [0.15, 0.2) is 5.82 Å². The van der Waals surface area contributed by atoms with E-state index in [9.17, 15) is 0 Å². The summed E-state index contributed by atoms with van der Waals surface area (Å²) in [6.45, 7) is 16.8. The van der Waals surface area contributed by atoms with Crippen molar-refractivity contribution in [3.8, 4) is 11.4 Å². The first-order valence-corrected chi connectivity index (χ1v) is 9.41. The summed E-state index contributed by atoms with van der Waals surface area (Å²) in [5.74, 6) is 0.712. The molecule has 0 aliphatic heterocycles. The molecule has 1 aromatic carbocycles. The summed E-state index contributed by atoms with van der Waals surface area (Å²) in [5.41, 5.74) is 5.06. The van der Waals surface area contributed by atoms with Crippen LogP contribution >= 0.6 is 11.8 Å². The van der Waals surface area contributed by atoms with Crippen LogP contribution in [0.2, 0.25) is 0 Å². The zero-order valence-electron chi connectivity index (χ0n) is 15.9. The molecule has 2 rings (SSSR count). The average molecular weight is 364 g/mol. The molecule has 0 unspecified atom stereocenters. The predicted octanol–water partition coefficient (Wildman–Crippen LogP) is 6.18. The number of aryl methyl sites for hydroxylation is 1. The third-order valence-electron chi connectivity index (χ3n) is 3.76. The van der Waals surface area contributed by atoms with Gasteiger partial charge in [0, 0.05) is 40.7 Å². The molecule has 0 radical (unpaired) electrons. The number of aliphatic imine (C=N–C) groups is 1. The van der Waals surface area contributed by atoms with Gasteiger partial charge < -0.3 is 0 Å². The SMILES string of the molecule is C=C(C)SC(=C)c1cnc(-c2cccc(C(/C=N\CC)=C/C)c2)nc1C. The molecule has 2 aromatic rings. The van der Waals surface area contributed by atoms with Gasteiger partial charge in [0.25, 0.3) is 0 Å². The smallest absolute Gasteiger partial charge is 0.159 e. The molecular weight excluding hydrogens is 338 g/mol. The van der Waals surface area contributed by atoms with Gasteiger partial charge in [-0.05, 0) is 49.8 Å². The highest BCUT2D eigenvalue weighted by Crippen LogP contribution is 2.32. The lowest BCUT2D eigenvalue weighted by molar-refractivity contribution is 1.10. The van der Waals surface area contributed by atoms with Gasteiger partial charge in [0.2, 0.25) is 0 Å². The number of nitrogens with zero attached hydrogens (tertiary/aromatic N) is 3. The maximum atomic E-state index is 4.69. The number of allylic oxidation sites excluding steroid dienone is 3. The summed E-state index contributed by atoms with van der Waals surface area (Å²) in [7, 11) is 0. The molecule has 1 heterocycles. The Morgan fingerprint density at radius 2 is 2.08 bits per heavy atom. The van der Waals surface area contributed by atoms with Gasteiger partial charge >= 0.3 is 0 Å². The minimum atomic E-state index is 0.712. The van der Waals surface area contributed by atoms with Gasteiger partial charge in [-0.3, -0.25) is 4.99 Å². The van der Waals surface area contributed by atoms with Crippen LogP contribution in [0.1, 0.15) is 37.6 Å². The Labute approximate surface area is 160 Å². The third-order valence-corrected chi connectivity index (χ3v) is 4.57. The minimum absolute atomic E-state index is 0.712. The number of rotatable bonds is 7. The lowest BCUT2D eigenvalue weighted by atomic mass is 10.0. The summed E-state index contributed by atoms with van der Waals surface area (Å²) in [6, 6.07) is 8.23. The molecule has 0 atom stereocenters. The van der Waals surface area contributed by atoms with Gasteiger partial charge in [-0.2, -0.15) is 0 Å². The molecule has 134 valence electrons. The average Bonchev–Trinajstić information content (AvgIpc) is 2.62. The predicted molar refractivity (Wildman–Crippen MR) is 116 cm³/mol. The van der Waals surface area contributed by atoms with E-state index in [4.69, 9.17) is 4.98 Å². The lowest BCUT2D eigenvalue weighted by Crippen LogP contribution is -1.97. The maximum absolute atomic E-state index is 4.69. The van der Waals surface area contributed by atoms with E-state index in [-0.39, 0.29) is 0 Å². The normalized spacial score (nSPS) is 11.8. The number of hydrogen-bond acceptors (Lipinski definition) is 4. The molecule has 0 saturated heterocycles. The van der Waals surface area contributed by atoms with E-state index in [0.29, 0.717) is 5.82 Å². The Bertz CT molecular complexity index is 879. The second-order valence-electron chi connectivity index (χ2n) is 5.87. The summed E-state index contributed by atoms with van der Waals surface area (Å²) < 4.78 is 0. The molecule has 4 heteroatoms. The van der Waals surface area contributed by atoms with Crippen LogP contribution < -0.4 is 0 Å². The minimum Gasteiger partial charge on any atom is -0.293 e. The van der Waals surface area contributed by atoms with Crippen molar-refractivity contribution in [3.05, 3.63) is 71.4 Å². The van der Waals surface area contributed by atoms with Crippen molar-refractivity contribution in [2.75, 3.05) is 6.54 Å². The molecule has 26 heavy (non-hydrogen) atoms. The van der Waals surface area contributed by atoms with Crippen molar-refractivity contribution in [1.29, 1.82) is 0 Å². The summed E-state index contributed by atoms with van der Waals surface area (Å²) in [5, 5.41) is 0. The van der Waals surface area contributed by atoms with Crippen LogP contribution in [0.15, 0.2) is 59.6 Å². The fourth-order valence-corrected chi connectivity index (χ4v) is 3.22. The van der Waals surface area contributed by atoms with E-state index < -0.39 is 0 Å².